The molecule has 1 N–H and O–H groups in total. The minimum atomic E-state index is -4.71. The maximum atomic E-state index is 13.5. The van der Waals surface area contributed by atoms with Gasteiger partial charge >= 0.3 is 6.18 Å². The molecule has 0 saturated heterocycles. The molecule has 0 aromatic heterocycles. The highest BCUT2D eigenvalue weighted by molar-refractivity contribution is 5.85. The molecular weight excluding hydrogens is 334 g/mol. The van der Waals surface area contributed by atoms with Crippen molar-refractivity contribution in [1.29, 1.82) is 0 Å². The molecule has 1 heterocycles. The van der Waals surface area contributed by atoms with Crippen molar-refractivity contribution in [2.75, 3.05) is 6.54 Å². The lowest BCUT2D eigenvalue weighted by atomic mass is 10.0. The van der Waals surface area contributed by atoms with Gasteiger partial charge in [-0.25, -0.2) is 4.39 Å². The molecule has 2 nitrogen and oxygen atoms in total. The normalized spacial score (nSPS) is 13.9. The lowest BCUT2D eigenvalue weighted by Crippen LogP contribution is -2.23. The lowest BCUT2D eigenvalue weighted by molar-refractivity contribution is -0.140. The van der Waals surface area contributed by atoms with Crippen molar-refractivity contribution in [3.05, 3.63) is 58.9 Å². The number of benzene rings is 2. The lowest BCUT2D eigenvalue weighted by Gasteiger charge is -2.18. The zero-order valence-electron chi connectivity index (χ0n) is 11.9. The van der Waals surface area contributed by atoms with Crippen molar-refractivity contribution < 1.29 is 22.3 Å². The van der Waals surface area contributed by atoms with Gasteiger partial charge in [0, 0.05) is 12.6 Å². The first-order chi connectivity index (χ1) is 10.4. The van der Waals surface area contributed by atoms with Crippen molar-refractivity contribution in [3.8, 4) is 11.5 Å². The molecule has 2 aromatic carbocycles. The second-order valence-corrected chi connectivity index (χ2v) is 5.10. The van der Waals surface area contributed by atoms with E-state index in [9.17, 15) is 17.6 Å². The molecule has 0 saturated carbocycles. The number of hydrogen-bond donors (Lipinski definition) is 1. The third-order valence-corrected chi connectivity index (χ3v) is 3.55. The van der Waals surface area contributed by atoms with Crippen LogP contribution in [0.15, 0.2) is 36.4 Å². The molecule has 3 rings (SSSR count). The fourth-order valence-corrected chi connectivity index (χ4v) is 2.45. The van der Waals surface area contributed by atoms with Crippen LogP contribution in [-0.2, 0) is 19.1 Å². The van der Waals surface area contributed by atoms with Gasteiger partial charge in [0.2, 0.25) is 0 Å². The Morgan fingerprint density at radius 1 is 0.957 bits per heavy atom. The number of alkyl halides is 3. The van der Waals surface area contributed by atoms with Crippen LogP contribution in [0.25, 0.3) is 0 Å². The van der Waals surface area contributed by atoms with Gasteiger partial charge in [-0.05, 0) is 48.4 Å². The smallest absolute Gasteiger partial charge is 0.419 e. The zero-order valence-corrected chi connectivity index (χ0v) is 12.7. The molecule has 1 aliphatic heterocycles. The van der Waals surface area contributed by atoms with E-state index >= 15 is 0 Å². The van der Waals surface area contributed by atoms with Crippen LogP contribution in [-0.4, -0.2) is 6.54 Å². The summed E-state index contributed by atoms with van der Waals surface area (Å²) in [5.41, 5.74) is 0.996. The number of ether oxygens (including phenoxy) is 1. The number of halogens is 5. The van der Waals surface area contributed by atoms with Crippen LogP contribution < -0.4 is 10.1 Å². The van der Waals surface area contributed by atoms with E-state index in [1.165, 1.54) is 5.56 Å². The van der Waals surface area contributed by atoms with Gasteiger partial charge in [0.25, 0.3) is 0 Å². The molecule has 0 unspecified atom stereocenters. The Bertz CT molecular complexity index is 703. The molecule has 0 bridgehead atoms. The van der Waals surface area contributed by atoms with E-state index in [-0.39, 0.29) is 18.2 Å². The zero-order chi connectivity index (χ0) is 15.7. The molecule has 0 spiro atoms. The van der Waals surface area contributed by atoms with Gasteiger partial charge in [0.1, 0.15) is 17.3 Å². The molecule has 7 heteroatoms. The molecule has 0 atom stereocenters. The SMILES string of the molecule is Cl.Fc1cc(Oc2ccc3c(c2)CNCC3)ccc1C(F)(F)F. The topological polar surface area (TPSA) is 21.3 Å². The van der Waals surface area contributed by atoms with E-state index in [0.717, 1.165) is 30.7 Å². The Balaban J connectivity index is 0.00000192. The predicted molar refractivity (Wildman–Crippen MR) is 80.6 cm³/mol. The number of rotatable bonds is 2. The van der Waals surface area contributed by atoms with Gasteiger partial charge in [-0.1, -0.05) is 6.07 Å². The summed E-state index contributed by atoms with van der Waals surface area (Å²) < 4.78 is 56.5. The van der Waals surface area contributed by atoms with E-state index in [2.05, 4.69) is 5.32 Å². The fraction of sp³-hybridized carbons (Fsp3) is 0.250. The summed E-state index contributed by atoms with van der Waals surface area (Å²) in [7, 11) is 0. The monoisotopic (exact) mass is 347 g/mol. The van der Waals surface area contributed by atoms with Crippen LogP contribution in [0.1, 0.15) is 16.7 Å². The van der Waals surface area contributed by atoms with Gasteiger partial charge in [-0.3, -0.25) is 0 Å². The Labute approximate surface area is 136 Å². The maximum Gasteiger partial charge on any atom is 0.419 e. The first-order valence-electron chi connectivity index (χ1n) is 6.80. The number of hydrogen-bond acceptors (Lipinski definition) is 2. The van der Waals surface area contributed by atoms with Gasteiger partial charge in [-0.15, -0.1) is 12.4 Å². The van der Waals surface area contributed by atoms with Gasteiger partial charge in [-0.2, -0.15) is 13.2 Å². The average molecular weight is 348 g/mol. The minimum absolute atomic E-state index is 0. The largest absolute Gasteiger partial charge is 0.457 e. The molecule has 124 valence electrons. The minimum Gasteiger partial charge on any atom is -0.457 e. The van der Waals surface area contributed by atoms with E-state index in [0.29, 0.717) is 18.4 Å². The van der Waals surface area contributed by atoms with Crippen LogP contribution in [0.5, 0.6) is 11.5 Å². The second-order valence-electron chi connectivity index (χ2n) is 5.10. The molecule has 23 heavy (non-hydrogen) atoms. The van der Waals surface area contributed by atoms with Gasteiger partial charge < -0.3 is 10.1 Å². The van der Waals surface area contributed by atoms with Crippen LogP contribution >= 0.6 is 12.4 Å². The first kappa shape index (κ1) is 17.6. The highest BCUT2D eigenvalue weighted by atomic mass is 35.5. The third-order valence-electron chi connectivity index (χ3n) is 3.55. The Morgan fingerprint density at radius 2 is 1.65 bits per heavy atom. The molecule has 0 fully saturated rings. The van der Waals surface area contributed by atoms with Crippen molar-refractivity contribution in [2.24, 2.45) is 0 Å². The fourth-order valence-electron chi connectivity index (χ4n) is 2.45. The standard InChI is InChI=1S/C16H13F4NO.ClH/c17-15-8-13(3-4-14(15)16(18,19)20)22-12-2-1-10-5-6-21-9-11(10)7-12;/h1-4,7-8,21H,5-6,9H2;1H. The Kier molecular flexibility index (Phi) is 5.16. The van der Waals surface area contributed by atoms with Gasteiger partial charge in [0.15, 0.2) is 0 Å². The summed E-state index contributed by atoms with van der Waals surface area (Å²) in [6.07, 6.45) is -3.79. The first-order valence-corrected chi connectivity index (χ1v) is 6.80. The Hall–Kier alpha value is -1.79. The highest BCUT2D eigenvalue weighted by Gasteiger charge is 2.34. The van der Waals surface area contributed by atoms with E-state index in [1.54, 1.807) is 6.07 Å². The summed E-state index contributed by atoms with van der Waals surface area (Å²) in [6, 6.07) is 8.03. The van der Waals surface area contributed by atoms with Gasteiger partial charge in [0.05, 0.1) is 5.56 Å². The summed E-state index contributed by atoms with van der Waals surface area (Å²) in [5.74, 6) is -0.833. The quantitative estimate of drug-likeness (QED) is 0.795. The van der Waals surface area contributed by atoms with E-state index < -0.39 is 17.6 Å². The van der Waals surface area contributed by atoms with E-state index in [4.69, 9.17) is 4.74 Å². The van der Waals surface area contributed by atoms with Crippen molar-refractivity contribution >= 4 is 12.4 Å². The average Bonchev–Trinajstić information content (AvgIpc) is 2.46. The van der Waals surface area contributed by atoms with Crippen LogP contribution in [0.2, 0.25) is 0 Å². The van der Waals surface area contributed by atoms with Crippen molar-refractivity contribution in [3.63, 3.8) is 0 Å². The predicted octanol–water partition coefficient (Wildman–Crippen LogP) is 4.70. The summed E-state index contributed by atoms with van der Waals surface area (Å²) in [4.78, 5) is 0. The number of fused-ring (bicyclic) bond motifs is 1. The molecule has 0 radical (unpaired) electrons. The van der Waals surface area contributed by atoms with Crippen molar-refractivity contribution in [1.82, 2.24) is 5.32 Å². The summed E-state index contributed by atoms with van der Waals surface area (Å²) >= 11 is 0. The van der Waals surface area contributed by atoms with Crippen LogP contribution in [0.3, 0.4) is 0 Å². The van der Waals surface area contributed by atoms with Crippen LogP contribution in [0, 0.1) is 5.82 Å². The molecule has 0 amide bonds. The molecular formula is C16H14ClF4NO. The van der Waals surface area contributed by atoms with E-state index in [1.807, 2.05) is 12.1 Å². The molecule has 1 aliphatic rings. The third kappa shape index (κ3) is 3.95. The highest BCUT2D eigenvalue weighted by Crippen LogP contribution is 2.34. The molecule has 0 aliphatic carbocycles. The maximum absolute atomic E-state index is 13.5. The summed E-state index contributed by atoms with van der Waals surface area (Å²) in [6.45, 7) is 1.63. The number of nitrogens with one attached hydrogen (secondary N) is 1. The molecule has 2 aromatic rings. The van der Waals surface area contributed by atoms with Crippen LogP contribution in [0.4, 0.5) is 17.6 Å². The Morgan fingerprint density at radius 3 is 2.35 bits per heavy atom. The summed E-state index contributed by atoms with van der Waals surface area (Å²) in [5, 5.41) is 3.22. The second kappa shape index (κ2) is 6.76. The van der Waals surface area contributed by atoms with Crippen molar-refractivity contribution in [2.45, 2.75) is 19.1 Å².